The molecule has 0 fully saturated rings. The van der Waals surface area contributed by atoms with Crippen LogP contribution in [0.4, 0.5) is 8.78 Å². The van der Waals surface area contributed by atoms with Gasteiger partial charge in [-0.3, -0.25) is 0 Å². The number of benzene rings is 1. The number of alkyl halides is 1. The topological polar surface area (TPSA) is 26.0 Å². The SMILES string of the molecule is Fc1cccc(F)c1-c1noc(Br)c1CCl. The van der Waals surface area contributed by atoms with E-state index in [2.05, 4.69) is 21.1 Å². The van der Waals surface area contributed by atoms with Gasteiger partial charge in [-0.25, -0.2) is 8.78 Å². The summed E-state index contributed by atoms with van der Waals surface area (Å²) in [4.78, 5) is 0. The maximum atomic E-state index is 13.5. The fraction of sp³-hybridized carbons (Fsp3) is 0.100. The molecule has 0 aliphatic rings. The van der Waals surface area contributed by atoms with Crippen molar-refractivity contribution in [1.82, 2.24) is 5.16 Å². The standard InChI is InChI=1S/C10H5BrClF2NO/c11-10-5(4-12)9(15-16-10)8-6(13)2-1-3-7(8)14/h1-3H,4H2. The fourth-order valence-electron chi connectivity index (χ4n) is 1.33. The minimum Gasteiger partial charge on any atom is -0.348 e. The smallest absolute Gasteiger partial charge is 0.206 e. The van der Waals surface area contributed by atoms with E-state index in [1.807, 2.05) is 0 Å². The van der Waals surface area contributed by atoms with Crippen molar-refractivity contribution >= 4 is 27.5 Å². The van der Waals surface area contributed by atoms with Crippen LogP contribution in [-0.2, 0) is 5.88 Å². The zero-order valence-corrected chi connectivity index (χ0v) is 10.1. The zero-order chi connectivity index (χ0) is 11.7. The monoisotopic (exact) mass is 307 g/mol. The van der Waals surface area contributed by atoms with Gasteiger partial charge in [-0.15, -0.1) is 11.6 Å². The van der Waals surface area contributed by atoms with Crippen molar-refractivity contribution in [3.05, 3.63) is 40.1 Å². The van der Waals surface area contributed by atoms with Crippen LogP contribution in [0.15, 0.2) is 27.4 Å². The second-order valence-corrected chi connectivity index (χ2v) is 4.00. The van der Waals surface area contributed by atoms with E-state index < -0.39 is 11.6 Å². The highest BCUT2D eigenvalue weighted by Crippen LogP contribution is 2.33. The Labute approximate surface area is 103 Å². The first-order chi connectivity index (χ1) is 7.65. The van der Waals surface area contributed by atoms with E-state index in [0.717, 1.165) is 12.1 Å². The first-order valence-corrected chi connectivity index (χ1v) is 5.62. The average Bonchev–Trinajstić information content (AvgIpc) is 2.59. The van der Waals surface area contributed by atoms with E-state index in [9.17, 15) is 8.78 Å². The van der Waals surface area contributed by atoms with Crippen molar-refractivity contribution < 1.29 is 13.3 Å². The minimum atomic E-state index is -0.702. The van der Waals surface area contributed by atoms with Crippen molar-refractivity contribution in [2.75, 3.05) is 0 Å². The van der Waals surface area contributed by atoms with Crippen molar-refractivity contribution in [3.63, 3.8) is 0 Å². The summed E-state index contributed by atoms with van der Waals surface area (Å²) in [5.74, 6) is -1.35. The molecule has 1 heterocycles. The van der Waals surface area contributed by atoms with Gasteiger partial charge in [0, 0.05) is 5.56 Å². The highest BCUT2D eigenvalue weighted by atomic mass is 79.9. The highest BCUT2D eigenvalue weighted by Gasteiger charge is 2.20. The Kier molecular flexibility index (Phi) is 3.25. The van der Waals surface area contributed by atoms with Crippen LogP contribution in [0.1, 0.15) is 5.56 Å². The van der Waals surface area contributed by atoms with Gasteiger partial charge in [0.1, 0.15) is 17.3 Å². The Morgan fingerprint density at radius 1 is 1.31 bits per heavy atom. The van der Waals surface area contributed by atoms with Gasteiger partial charge in [-0.2, -0.15) is 0 Å². The van der Waals surface area contributed by atoms with E-state index in [1.165, 1.54) is 6.07 Å². The molecule has 84 valence electrons. The molecule has 0 radical (unpaired) electrons. The Morgan fingerprint density at radius 3 is 2.50 bits per heavy atom. The van der Waals surface area contributed by atoms with Crippen molar-refractivity contribution in [1.29, 1.82) is 0 Å². The van der Waals surface area contributed by atoms with E-state index in [-0.39, 0.29) is 21.8 Å². The Hall–Kier alpha value is -0.940. The van der Waals surface area contributed by atoms with Gasteiger partial charge in [0.15, 0.2) is 0 Å². The maximum absolute atomic E-state index is 13.5. The van der Waals surface area contributed by atoms with Gasteiger partial charge in [-0.05, 0) is 28.1 Å². The summed E-state index contributed by atoms with van der Waals surface area (Å²) < 4.78 is 32.0. The third-order valence-corrected chi connectivity index (χ3v) is 2.96. The van der Waals surface area contributed by atoms with Crippen molar-refractivity contribution in [2.45, 2.75) is 5.88 Å². The second kappa shape index (κ2) is 4.51. The lowest BCUT2D eigenvalue weighted by Gasteiger charge is -2.02. The molecule has 0 unspecified atom stereocenters. The summed E-state index contributed by atoms with van der Waals surface area (Å²) in [7, 11) is 0. The van der Waals surface area contributed by atoms with E-state index in [0.29, 0.717) is 5.56 Å². The first kappa shape index (κ1) is 11.5. The molecule has 2 nitrogen and oxygen atoms in total. The molecule has 0 spiro atoms. The number of nitrogens with zero attached hydrogens (tertiary/aromatic N) is 1. The molecule has 2 rings (SSSR count). The average molecular weight is 309 g/mol. The molecule has 0 N–H and O–H groups in total. The van der Waals surface area contributed by atoms with Gasteiger partial charge in [0.05, 0.1) is 11.4 Å². The second-order valence-electron chi connectivity index (χ2n) is 3.01. The van der Waals surface area contributed by atoms with Gasteiger partial charge in [-0.1, -0.05) is 11.2 Å². The van der Waals surface area contributed by atoms with Crippen LogP contribution in [0.3, 0.4) is 0 Å². The van der Waals surface area contributed by atoms with Gasteiger partial charge in [0.2, 0.25) is 4.67 Å². The van der Waals surface area contributed by atoms with Crippen molar-refractivity contribution in [3.8, 4) is 11.3 Å². The fourth-order valence-corrected chi connectivity index (χ4v) is 2.14. The number of hydrogen-bond donors (Lipinski definition) is 0. The highest BCUT2D eigenvalue weighted by molar-refractivity contribution is 9.10. The number of hydrogen-bond acceptors (Lipinski definition) is 2. The molecule has 0 aliphatic heterocycles. The molecular formula is C10H5BrClF2NO. The largest absolute Gasteiger partial charge is 0.348 e. The Morgan fingerprint density at radius 2 is 1.94 bits per heavy atom. The van der Waals surface area contributed by atoms with Crippen molar-refractivity contribution in [2.24, 2.45) is 0 Å². The molecular weight excluding hydrogens is 303 g/mol. The zero-order valence-electron chi connectivity index (χ0n) is 7.81. The summed E-state index contributed by atoms with van der Waals surface area (Å²) in [6.45, 7) is 0. The van der Waals surface area contributed by atoms with Crippen LogP contribution in [0.5, 0.6) is 0 Å². The number of halogens is 4. The summed E-state index contributed by atoms with van der Waals surface area (Å²) >= 11 is 8.72. The Bertz CT molecular complexity index is 509. The minimum absolute atomic E-state index is 0.0488. The van der Waals surface area contributed by atoms with E-state index >= 15 is 0 Å². The molecule has 0 saturated heterocycles. The molecule has 16 heavy (non-hydrogen) atoms. The van der Waals surface area contributed by atoms with Crippen LogP contribution < -0.4 is 0 Å². The molecule has 2 aromatic rings. The lowest BCUT2D eigenvalue weighted by molar-refractivity contribution is 0.400. The molecule has 1 aromatic carbocycles. The molecule has 0 bridgehead atoms. The van der Waals surface area contributed by atoms with Crippen LogP contribution in [0.2, 0.25) is 0 Å². The predicted octanol–water partition coefficient (Wildman–Crippen LogP) is 4.12. The van der Waals surface area contributed by atoms with Gasteiger partial charge in [0.25, 0.3) is 0 Å². The first-order valence-electron chi connectivity index (χ1n) is 4.29. The van der Waals surface area contributed by atoms with Crippen LogP contribution in [-0.4, -0.2) is 5.16 Å². The van der Waals surface area contributed by atoms with Crippen LogP contribution >= 0.6 is 27.5 Å². The summed E-state index contributed by atoms with van der Waals surface area (Å²) in [6.07, 6.45) is 0. The summed E-state index contributed by atoms with van der Waals surface area (Å²) in [6, 6.07) is 3.59. The molecule has 0 saturated carbocycles. The number of aromatic nitrogens is 1. The Balaban J connectivity index is 2.67. The summed E-state index contributed by atoms with van der Waals surface area (Å²) in [5, 5.41) is 3.59. The molecule has 0 atom stereocenters. The van der Waals surface area contributed by atoms with Gasteiger partial charge < -0.3 is 4.52 Å². The number of rotatable bonds is 2. The van der Waals surface area contributed by atoms with Gasteiger partial charge >= 0.3 is 0 Å². The third kappa shape index (κ3) is 1.85. The maximum Gasteiger partial charge on any atom is 0.206 e. The van der Waals surface area contributed by atoms with E-state index in [4.69, 9.17) is 16.1 Å². The third-order valence-electron chi connectivity index (χ3n) is 2.07. The van der Waals surface area contributed by atoms with Crippen LogP contribution in [0, 0.1) is 11.6 Å². The molecule has 6 heteroatoms. The molecule has 0 amide bonds. The summed E-state index contributed by atoms with van der Waals surface area (Å²) in [5.41, 5.74) is 0.274. The van der Waals surface area contributed by atoms with E-state index in [1.54, 1.807) is 0 Å². The lowest BCUT2D eigenvalue weighted by atomic mass is 10.1. The molecule has 1 aromatic heterocycles. The molecule has 0 aliphatic carbocycles. The quantitative estimate of drug-likeness (QED) is 0.780. The normalized spacial score (nSPS) is 10.8. The lowest BCUT2D eigenvalue weighted by Crippen LogP contribution is -1.92. The van der Waals surface area contributed by atoms with Crippen LogP contribution in [0.25, 0.3) is 11.3 Å². The predicted molar refractivity (Wildman–Crippen MR) is 59.1 cm³/mol.